The first kappa shape index (κ1) is 18.4. The fraction of sp³-hybridized carbons (Fsp3) is 0.250. The Bertz CT molecular complexity index is 779. The van der Waals surface area contributed by atoms with E-state index in [-0.39, 0.29) is 12.2 Å². The zero-order valence-electron chi connectivity index (χ0n) is 14.3. The molecule has 0 heterocycles. The number of Topliss-reactive ketones (excluding diaryl/α,β-unsaturated/α-hetero) is 1. The minimum atomic E-state index is -0.450. The van der Waals surface area contributed by atoms with Crippen molar-refractivity contribution < 1.29 is 23.9 Å². The lowest BCUT2D eigenvalue weighted by Gasteiger charge is -2.08. The Labute approximate surface area is 146 Å². The van der Waals surface area contributed by atoms with Gasteiger partial charge >= 0.3 is 11.9 Å². The van der Waals surface area contributed by atoms with Crippen LogP contribution in [0.25, 0.3) is 0 Å². The molecule has 25 heavy (non-hydrogen) atoms. The second-order valence-corrected chi connectivity index (χ2v) is 5.56. The highest BCUT2D eigenvalue weighted by molar-refractivity contribution is 5.93. The molecule has 5 nitrogen and oxygen atoms in total. The minimum absolute atomic E-state index is 0.0137. The third-order valence-corrected chi connectivity index (χ3v) is 3.85. The van der Waals surface area contributed by atoms with Gasteiger partial charge in [-0.05, 0) is 35.7 Å². The van der Waals surface area contributed by atoms with Gasteiger partial charge in [-0.3, -0.25) is 4.79 Å². The van der Waals surface area contributed by atoms with Gasteiger partial charge in [0.2, 0.25) is 0 Å². The highest BCUT2D eigenvalue weighted by Gasteiger charge is 2.14. The van der Waals surface area contributed by atoms with E-state index in [0.717, 1.165) is 5.56 Å². The number of hydrogen-bond acceptors (Lipinski definition) is 5. The number of ketones is 1. The van der Waals surface area contributed by atoms with Crippen LogP contribution in [0.4, 0.5) is 0 Å². The predicted octanol–water partition coefficient (Wildman–Crippen LogP) is 3.00. The largest absolute Gasteiger partial charge is 0.465 e. The highest BCUT2D eigenvalue weighted by Crippen LogP contribution is 2.14. The summed E-state index contributed by atoms with van der Waals surface area (Å²) in [6.07, 6.45) is 1.01. The molecule has 0 saturated carbocycles. The Morgan fingerprint density at radius 3 is 2.32 bits per heavy atom. The monoisotopic (exact) mass is 340 g/mol. The van der Waals surface area contributed by atoms with Crippen molar-refractivity contribution in [2.24, 2.45) is 0 Å². The number of hydrogen-bond donors (Lipinski definition) is 0. The number of carbonyl (C=O) groups is 3. The number of carbonyl (C=O) groups excluding carboxylic acids is 3. The summed E-state index contributed by atoms with van der Waals surface area (Å²) in [4.78, 5) is 35.6. The molecule has 0 N–H and O–H groups in total. The molecule has 0 saturated heterocycles. The van der Waals surface area contributed by atoms with E-state index in [2.05, 4.69) is 0 Å². The molecule has 0 atom stereocenters. The van der Waals surface area contributed by atoms with Gasteiger partial charge < -0.3 is 9.47 Å². The van der Waals surface area contributed by atoms with Crippen molar-refractivity contribution in [3.63, 3.8) is 0 Å². The summed E-state index contributed by atoms with van der Waals surface area (Å²) < 4.78 is 9.43. The molecular weight excluding hydrogens is 320 g/mol. The lowest BCUT2D eigenvalue weighted by molar-refractivity contribution is -0.118. The molecular formula is C20H20O5. The Morgan fingerprint density at radius 1 is 0.880 bits per heavy atom. The van der Waals surface area contributed by atoms with Crippen molar-refractivity contribution in [3.8, 4) is 0 Å². The zero-order valence-corrected chi connectivity index (χ0v) is 14.3. The van der Waals surface area contributed by atoms with E-state index in [1.165, 1.54) is 14.2 Å². The van der Waals surface area contributed by atoms with Crippen LogP contribution >= 0.6 is 0 Å². The van der Waals surface area contributed by atoms with Crippen molar-refractivity contribution in [1.29, 1.82) is 0 Å². The predicted molar refractivity (Wildman–Crippen MR) is 92.6 cm³/mol. The van der Waals surface area contributed by atoms with E-state index in [1.807, 2.05) is 6.07 Å². The maximum absolute atomic E-state index is 12.3. The minimum Gasteiger partial charge on any atom is -0.465 e. The average Bonchev–Trinajstić information content (AvgIpc) is 2.65. The van der Waals surface area contributed by atoms with E-state index in [1.54, 1.807) is 42.5 Å². The molecule has 2 aromatic rings. The highest BCUT2D eigenvalue weighted by atomic mass is 16.5. The van der Waals surface area contributed by atoms with Crippen molar-refractivity contribution in [2.45, 2.75) is 19.3 Å². The third kappa shape index (κ3) is 5.01. The quantitative estimate of drug-likeness (QED) is 0.725. The Balaban J connectivity index is 2.00. The first-order valence-electron chi connectivity index (χ1n) is 7.90. The maximum atomic E-state index is 12.3. The van der Waals surface area contributed by atoms with E-state index in [9.17, 15) is 14.4 Å². The Morgan fingerprint density at radius 2 is 1.60 bits per heavy atom. The number of ether oxygens (including phenoxy) is 2. The summed E-state index contributed by atoms with van der Waals surface area (Å²) in [6, 6.07) is 13.9. The van der Waals surface area contributed by atoms with Crippen molar-refractivity contribution in [2.75, 3.05) is 14.2 Å². The number of benzene rings is 2. The van der Waals surface area contributed by atoms with Crippen LogP contribution in [0.3, 0.4) is 0 Å². The normalized spacial score (nSPS) is 10.2. The lowest BCUT2D eigenvalue weighted by atomic mass is 9.98. The van der Waals surface area contributed by atoms with E-state index >= 15 is 0 Å². The fourth-order valence-corrected chi connectivity index (χ4v) is 2.54. The first-order valence-corrected chi connectivity index (χ1v) is 7.90. The standard InChI is InChI=1S/C20H20O5/c1-24-19(22)16-8-5-6-14(12-16)10-11-17(21)13-15-7-3-4-9-18(15)20(23)25-2/h3-9,12H,10-11,13H2,1-2H3. The molecule has 0 aliphatic rings. The maximum Gasteiger partial charge on any atom is 0.338 e. The number of rotatable bonds is 7. The van der Waals surface area contributed by atoms with E-state index in [4.69, 9.17) is 9.47 Å². The second kappa shape index (κ2) is 8.78. The van der Waals surface area contributed by atoms with Gasteiger partial charge in [-0.1, -0.05) is 30.3 Å². The summed E-state index contributed by atoms with van der Waals surface area (Å²) in [5.41, 5.74) is 2.41. The van der Waals surface area contributed by atoms with Gasteiger partial charge in [0.1, 0.15) is 5.78 Å². The molecule has 5 heteroatoms. The average molecular weight is 340 g/mol. The summed E-state index contributed by atoms with van der Waals surface area (Å²) >= 11 is 0. The van der Waals surface area contributed by atoms with Gasteiger partial charge in [0.05, 0.1) is 25.3 Å². The number of aryl methyl sites for hydroxylation is 1. The summed E-state index contributed by atoms with van der Waals surface area (Å²) in [6.45, 7) is 0. The fourth-order valence-electron chi connectivity index (χ4n) is 2.54. The molecule has 0 aliphatic carbocycles. The van der Waals surface area contributed by atoms with Gasteiger partial charge in [0.25, 0.3) is 0 Å². The molecule has 0 aliphatic heterocycles. The van der Waals surface area contributed by atoms with Gasteiger partial charge in [0.15, 0.2) is 0 Å². The van der Waals surface area contributed by atoms with Crippen molar-refractivity contribution in [1.82, 2.24) is 0 Å². The Hall–Kier alpha value is -2.95. The number of methoxy groups -OCH3 is 2. The summed E-state index contributed by atoms with van der Waals surface area (Å²) in [7, 11) is 2.65. The topological polar surface area (TPSA) is 69.7 Å². The molecule has 2 aromatic carbocycles. The smallest absolute Gasteiger partial charge is 0.338 e. The summed E-state index contributed by atoms with van der Waals surface area (Å²) in [5, 5.41) is 0. The van der Waals surface area contributed by atoms with Crippen LogP contribution in [-0.2, 0) is 27.1 Å². The van der Waals surface area contributed by atoms with Gasteiger partial charge in [0, 0.05) is 12.8 Å². The van der Waals surface area contributed by atoms with Crippen LogP contribution in [-0.4, -0.2) is 31.9 Å². The van der Waals surface area contributed by atoms with Crippen LogP contribution in [0, 0.1) is 0 Å². The summed E-state index contributed by atoms with van der Waals surface area (Å²) in [5.74, 6) is -0.839. The molecule has 0 radical (unpaired) electrons. The first-order chi connectivity index (χ1) is 12.0. The van der Waals surface area contributed by atoms with Crippen molar-refractivity contribution >= 4 is 17.7 Å². The van der Waals surface area contributed by atoms with Gasteiger partial charge in [-0.15, -0.1) is 0 Å². The van der Waals surface area contributed by atoms with Gasteiger partial charge in [-0.2, -0.15) is 0 Å². The van der Waals surface area contributed by atoms with Crippen molar-refractivity contribution in [3.05, 3.63) is 70.8 Å². The van der Waals surface area contributed by atoms with E-state index in [0.29, 0.717) is 29.5 Å². The lowest BCUT2D eigenvalue weighted by Crippen LogP contribution is -2.11. The molecule has 0 fully saturated rings. The molecule has 2 rings (SSSR count). The molecule has 0 unspecified atom stereocenters. The third-order valence-electron chi connectivity index (χ3n) is 3.85. The van der Waals surface area contributed by atoms with Crippen LogP contribution < -0.4 is 0 Å². The zero-order chi connectivity index (χ0) is 18.2. The molecule has 0 bridgehead atoms. The Kier molecular flexibility index (Phi) is 6.46. The van der Waals surface area contributed by atoms with Crippen LogP contribution in [0.1, 0.15) is 38.3 Å². The van der Waals surface area contributed by atoms with Gasteiger partial charge in [-0.25, -0.2) is 9.59 Å². The molecule has 0 amide bonds. The van der Waals surface area contributed by atoms with E-state index < -0.39 is 11.9 Å². The molecule has 0 spiro atoms. The van der Waals surface area contributed by atoms with Crippen LogP contribution in [0.5, 0.6) is 0 Å². The SMILES string of the molecule is COC(=O)c1cccc(CCC(=O)Cc2ccccc2C(=O)OC)c1. The van der Waals surface area contributed by atoms with Crippen LogP contribution in [0.15, 0.2) is 48.5 Å². The van der Waals surface area contributed by atoms with Crippen LogP contribution in [0.2, 0.25) is 0 Å². The number of esters is 2. The molecule has 130 valence electrons. The second-order valence-electron chi connectivity index (χ2n) is 5.56. The molecule has 0 aromatic heterocycles.